The minimum atomic E-state index is -0.599. The highest BCUT2D eigenvalue weighted by atomic mass is 16.7. The normalized spacial score (nSPS) is 20.6. The van der Waals surface area contributed by atoms with Crippen LogP contribution in [0.25, 0.3) is 0 Å². The predicted octanol–water partition coefficient (Wildman–Crippen LogP) is 3.38. The van der Waals surface area contributed by atoms with Crippen molar-refractivity contribution in [1.29, 1.82) is 0 Å². The Balaban J connectivity index is 0.000000340. The molecule has 0 aromatic heterocycles. The molecule has 0 saturated carbocycles. The molecule has 0 unspecified atom stereocenters. The van der Waals surface area contributed by atoms with E-state index in [1.165, 1.54) is 51.4 Å². The van der Waals surface area contributed by atoms with Crippen LogP contribution in [0.4, 0.5) is 0 Å². The van der Waals surface area contributed by atoms with E-state index in [1.54, 1.807) is 0 Å². The zero-order chi connectivity index (χ0) is 25.1. The summed E-state index contributed by atoms with van der Waals surface area (Å²) in [5.41, 5.74) is -1.20. The van der Waals surface area contributed by atoms with Gasteiger partial charge in [-0.3, -0.25) is 0 Å². The van der Waals surface area contributed by atoms with Gasteiger partial charge in [0.1, 0.15) is 0 Å². The lowest BCUT2D eigenvalue weighted by molar-refractivity contribution is -0.246. The molecule has 0 bridgehead atoms. The molecule has 2 heterocycles. The SMILES string of the molecule is CCCCCCCC1OCC(CO)(CO)CO1.CCCCCCCC1OCC(CO)(CO)CO1. The number of hydrogen-bond donors (Lipinski definition) is 4. The topological polar surface area (TPSA) is 118 Å². The van der Waals surface area contributed by atoms with Gasteiger partial charge in [0.15, 0.2) is 12.6 Å². The van der Waals surface area contributed by atoms with Crippen LogP contribution in [0, 0.1) is 10.8 Å². The summed E-state index contributed by atoms with van der Waals surface area (Å²) in [5.74, 6) is 0. The van der Waals surface area contributed by atoms with Gasteiger partial charge in [0.05, 0.1) is 63.7 Å². The highest BCUT2D eigenvalue weighted by molar-refractivity contribution is 4.81. The summed E-state index contributed by atoms with van der Waals surface area (Å²) >= 11 is 0. The third kappa shape index (κ3) is 12.1. The highest BCUT2D eigenvalue weighted by Crippen LogP contribution is 2.26. The van der Waals surface area contributed by atoms with Gasteiger partial charge in [-0.2, -0.15) is 0 Å². The van der Waals surface area contributed by atoms with Gasteiger partial charge < -0.3 is 39.4 Å². The number of rotatable bonds is 16. The van der Waals surface area contributed by atoms with E-state index in [2.05, 4.69) is 13.8 Å². The van der Waals surface area contributed by atoms with E-state index in [0.717, 1.165) is 25.7 Å². The number of aliphatic hydroxyl groups excluding tert-OH is 4. The van der Waals surface area contributed by atoms with E-state index < -0.39 is 10.8 Å². The fourth-order valence-electron chi connectivity index (χ4n) is 3.89. The number of ether oxygens (including phenoxy) is 4. The molecule has 0 atom stereocenters. The van der Waals surface area contributed by atoms with Crippen molar-refractivity contribution in [3.8, 4) is 0 Å². The Kier molecular flexibility index (Phi) is 17.6. The van der Waals surface area contributed by atoms with Gasteiger partial charge in [-0.25, -0.2) is 0 Å². The second-order valence-corrected chi connectivity index (χ2v) is 10.1. The lowest BCUT2D eigenvalue weighted by Gasteiger charge is -2.37. The van der Waals surface area contributed by atoms with Crippen LogP contribution in [0.3, 0.4) is 0 Å². The first-order valence-corrected chi connectivity index (χ1v) is 13.4. The Morgan fingerprint density at radius 2 is 0.794 bits per heavy atom. The molecule has 4 N–H and O–H groups in total. The third-order valence-electron chi connectivity index (χ3n) is 6.73. The Labute approximate surface area is 206 Å². The monoisotopic (exact) mass is 492 g/mol. The van der Waals surface area contributed by atoms with E-state index in [1.807, 2.05) is 0 Å². The van der Waals surface area contributed by atoms with Crippen LogP contribution < -0.4 is 0 Å². The van der Waals surface area contributed by atoms with Crippen molar-refractivity contribution in [3.05, 3.63) is 0 Å². The lowest BCUT2D eigenvalue weighted by atomic mass is 9.91. The molecule has 2 saturated heterocycles. The molecule has 0 radical (unpaired) electrons. The summed E-state index contributed by atoms with van der Waals surface area (Å²) in [6, 6.07) is 0. The minimum Gasteiger partial charge on any atom is -0.396 e. The maximum Gasteiger partial charge on any atom is 0.157 e. The summed E-state index contributed by atoms with van der Waals surface area (Å²) in [4.78, 5) is 0. The van der Waals surface area contributed by atoms with Crippen molar-refractivity contribution in [2.45, 2.75) is 103 Å². The fraction of sp³-hybridized carbons (Fsp3) is 1.00. The molecule has 0 aromatic rings. The lowest BCUT2D eigenvalue weighted by Crippen LogP contribution is -2.46. The maximum atomic E-state index is 9.18. The zero-order valence-electron chi connectivity index (χ0n) is 21.7. The van der Waals surface area contributed by atoms with E-state index in [9.17, 15) is 20.4 Å². The van der Waals surface area contributed by atoms with Gasteiger partial charge in [-0.05, 0) is 25.7 Å². The Hall–Kier alpha value is -0.320. The molecule has 2 aliphatic heterocycles. The average molecular weight is 493 g/mol. The fourth-order valence-corrected chi connectivity index (χ4v) is 3.89. The van der Waals surface area contributed by atoms with Crippen LogP contribution >= 0.6 is 0 Å². The molecule has 8 heteroatoms. The van der Waals surface area contributed by atoms with Crippen molar-refractivity contribution in [1.82, 2.24) is 0 Å². The van der Waals surface area contributed by atoms with E-state index in [4.69, 9.17) is 18.9 Å². The molecule has 2 rings (SSSR count). The molecule has 8 nitrogen and oxygen atoms in total. The molecule has 2 fully saturated rings. The first-order valence-electron chi connectivity index (χ1n) is 13.4. The van der Waals surface area contributed by atoms with E-state index in [0.29, 0.717) is 26.4 Å². The van der Waals surface area contributed by atoms with E-state index >= 15 is 0 Å². The average Bonchev–Trinajstić information content (AvgIpc) is 2.90. The molecule has 0 aliphatic carbocycles. The third-order valence-corrected chi connectivity index (χ3v) is 6.73. The highest BCUT2D eigenvalue weighted by Gasteiger charge is 2.36. The minimum absolute atomic E-state index is 0.0906. The summed E-state index contributed by atoms with van der Waals surface area (Å²) in [5, 5.41) is 36.7. The summed E-state index contributed by atoms with van der Waals surface area (Å²) in [6.07, 6.45) is 13.9. The van der Waals surface area contributed by atoms with Gasteiger partial charge in [0.25, 0.3) is 0 Å². The second-order valence-electron chi connectivity index (χ2n) is 10.1. The molecule has 0 spiro atoms. The van der Waals surface area contributed by atoms with Crippen molar-refractivity contribution in [2.75, 3.05) is 52.9 Å². The molecule has 2 aliphatic rings. The van der Waals surface area contributed by atoms with Gasteiger partial charge in [0.2, 0.25) is 0 Å². The maximum absolute atomic E-state index is 9.18. The van der Waals surface area contributed by atoms with Crippen LogP contribution in [0.1, 0.15) is 90.9 Å². The molecule has 0 aromatic carbocycles. The Morgan fingerprint density at radius 3 is 1.06 bits per heavy atom. The van der Waals surface area contributed by atoms with Gasteiger partial charge in [0, 0.05) is 0 Å². The number of aliphatic hydroxyl groups is 4. The van der Waals surface area contributed by atoms with Crippen molar-refractivity contribution in [2.24, 2.45) is 10.8 Å². The van der Waals surface area contributed by atoms with Crippen LogP contribution in [0.5, 0.6) is 0 Å². The standard InChI is InChI=1S/2C13H26O4/c2*1-2-3-4-5-6-7-12-16-10-13(8-14,9-15)11-17-12/h2*12,14-15H,2-11H2,1H3. The number of hydrogen-bond acceptors (Lipinski definition) is 8. The van der Waals surface area contributed by atoms with Crippen LogP contribution in [0.2, 0.25) is 0 Å². The van der Waals surface area contributed by atoms with Crippen LogP contribution in [-0.2, 0) is 18.9 Å². The Morgan fingerprint density at radius 1 is 0.500 bits per heavy atom. The van der Waals surface area contributed by atoms with Crippen LogP contribution in [0.15, 0.2) is 0 Å². The largest absolute Gasteiger partial charge is 0.396 e. The van der Waals surface area contributed by atoms with Crippen molar-refractivity contribution < 1.29 is 39.4 Å². The zero-order valence-corrected chi connectivity index (χ0v) is 21.7. The molecular weight excluding hydrogens is 440 g/mol. The summed E-state index contributed by atoms with van der Waals surface area (Å²) in [6.45, 7) is 5.60. The molecule has 34 heavy (non-hydrogen) atoms. The molecular formula is C26H52O8. The van der Waals surface area contributed by atoms with Gasteiger partial charge in [-0.1, -0.05) is 65.2 Å². The first kappa shape index (κ1) is 31.7. The molecule has 204 valence electrons. The van der Waals surface area contributed by atoms with Crippen LogP contribution in [-0.4, -0.2) is 85.9 Å². The van der Waals surface area contributed by atoms with E-state index in [-0.39, 0.29) is 39.0 Å². The first-order chi connectivity index (χ1) is 16.5. The summed E-state index contributed by atoms with van der Waals surface area (Å²) in [7, 11) is 0. The van der Waals surface area contributed by atoms with Crippen molar-refractivity contribution in [3.63, 3.8) is 0 Å². The molecule has 0 amide bonds. The summed E-state index contributed by atoms with van der Waals surface area (Å²) < 4.78 is 22.2. The van der Waals surface area contributed by atoms with Gasteiger partial charge in [-0.15, -0.1) is 0 Å². The predicted molar refractivity (Wildman–Crippen MR) is 131 cm³/mol. The van der Waals surface area contributed by atoms with Gasteiger partial charge >= 0.3 is 0 Å². The smallest absolute Gasteiger partial charge is 0.157 e. The Bertz CT molecular complexity index is 406. The quantitative estimate of drug-likeness (QED) is 0.242. The number of unbranched alkanes of at least 4 members (excludes halogenated alkanes) is 8. The van der Waals surface area contributed by atoms with Crippen molar-refractivity contribution >= 4 is 0 Å². The second kappa shape index (κ2) is 18.9.